The Bertz CT molecular complexity index is 1900. The predicted molar refractivity (Wildman–Crippen MR) is 202 cm³/mol. The number of primary amides is 1. The van der Waals surface area contributed by atoms with E-state index in [-0.39, 0.29) is 56.8 Å². The van der Waals surface area contributed by atoms with Gasteiger partial charge in [0.15, 0.2) is 11.5 Å². The third kappa shape index (κ3) is 8.64. The molecule has 0 radical (unpaired) electrons. The molecule has 1 saturated heterocycles. The molecule has 3 aromatic rings. The van der Waals surface area contributed by atoms with E-state index in [2.05, 4.69) is 16.0 Å². The van der Waals surface area contributed by atoms with Crippen LogP contribution in [0.25, 0.3) is 0 Å². The zero-order chi connectivity index (χ0) is 39.2. The molecule has 5 rings (SSSR count). The minimum atomic E-state index is -1.33. The van der Waals surface area contributed by atoms with E-state index in [1.165, 1.54) is 19.1 Å². The summed E-state index contributed by atoms with van der Waals surface area (Å²) in [5, 5.41) is 8.51. The average molecular weight is 741 g/mol. The second-order valence-electron chi connectivity index (χ2n) is 14.2. The van der Waals surface area contributed by atoms with Gasteiger partial charge in [0, 0.05) is 30.8 Å². The molecule has 1 aliphatic heterocycles. The summed E-state index contributed by atoms with van der Waals surface area (Å²) in [5.74, 6) is -1.13. The average Bonchev–Trinajstić information content (AvgIpc) is 3.33. The Hall–Kier alpha value is -5.92. The normalized spacial score (nSPS) is 16.3. The molecule has 2 aliphatic rings. The van der Waals surface area contributed by atoms with Crippen molar-refractivity contribution in [1.82, 2.24) is 15.1 Å². The van der Waals surface area contributed by atoms with Crippen molar-refractivity contribution in [2.24, 2.45) is 11.7 Å². The number of nitrogens with zero attached hydrogens (tertiary/aromatic N) is 2. The highest BCUT2D eigenvalue weighted by Crippen LogP contribution is 2.42. The molecule has 5 N–H and O–H groups in total. The van der Waals surface area contributed by atoms with Crippen molar-refractivity contribution in [1.29, 1.82) is 0 Å². The largest absolute Gasteiger partial charge is 0.493 e. The van der Waals surface area contributed by atoms with E-state index in [9.17, 15) is 28.8 Å². The van der Waals surface area contributed by atoms with E-state index in [4.69, 9.17) is 15.2 Å². The SMILES string of the molecule is COc1ccc(C(CC(N)=O)NC(=O)[C@@H](CC(C)C)N2C(=O)N(Cc3ccc(NC(=O)Nc4ccccc4C)cc3)C3(CCC(=O)CC3)C2=O)cc1OC. The van der Waals surface area contributed by atoms with Gasteiger partial charge < -0.3 is 36.1 Å². The summed E-state index contributed by atoms with van der Waals surface area (Å²) in [5.41, 5.74) is 7.57. The number of aryl methyl sites for hydroxylation is 1. The summed E-state index contributed by atoms with van der Waals surface area (Å²) in [7, 11) is 2.95. The third-order valence-corrected chi connectivity index (χ3v) is 9.99. The zero-order valence-electron chi connectivity index (χ0n) is 31.3. The molecule has 14 heteroatoms. The molecule has 1 unspecified atom stereocenters. The molecule has 7 amide bonds. The van der Waals surface area contributed by atoms with Gasteiger partial charge in [-0.05, 0) is 79.1 Å². The number of carbonyl (C=O) groups excluding carboxylic acids is 6. The fourth-order valence-electron chi connectivity index (χ4n) is 7.10. The van der Waals surface area contributed by atoms with Gasteiger partial charge >= 0.3 is 12.1 Å². The van der Waals surface area contributed by atoms with Gasteiger partial charge in [0.25, 0.3) is 5.91 Å². The zero-order valence-corrected chi connectivity index (χ0v) is 31.3. The summed E-state index contributed by atoms with van der Waals surface area (Å²) in [6.45, 7) is 5.68. The van der Waals surface area contributed by atoms with Gasteiger partial charge in [0.05, 0.1) is 26.7 Å². The molecule has 1 spiro atoms. The first-order valence-corrected chi connectivity index (χ1v) is 18.0. The molecular weight excluding hydrogens is 692 g/mol. The van der Waals surface area contributed by atoms with Crippen molar-refractivity contribution in [3.05, 3.63) is 83.4 Å². The summed E-state index contributed by atoms with van der Waals surface area (Å²) in [6.07, 6.45) is 0.363. The highest BCUT2D eigenvalue weighted by molar-refractivity contribution is 6.10. The van der Waals surface area contributed by atoms with Crippen molar-refractivity contribution in [2.45, 2.75) is 83.5 Å². The molecule has 3 aromatic carbocycles. The summed E-state index contributed by atoms with van der Waals surface area (Å²) in [4.78, 5) is 83.2. The number of Topliss-reactive ketones (excluding diaryl/α,β-unsaturated/α-hetero) is 1. The molecule has 1 saturated carbocycles. The van der Waals surface area contributed by atoms with Gasteiger partial charge in [-0.3, -0.25) is 19.2 Å². The van der Waals surface area contributed by atoms with Crippen LogP contribution in [0.4, 0.5) is 21.0 Å². The number of imide groups is 1. The summed E-state index contributed by atoms with van der Waals surface area (Å²) >= 11 is 0. The molecule has 286 valence electrons. The molecule has 0 bridgehead atoms. The standard InChI is InChI=1S/C40H48N6O8/c1-24(2)20-32(36(49)43-31(22-35(41)48)27-12-15-33(53-4)34(21-27)54-5)46-37(50)40(18-16-29(47)17-19-40)45(39(46)52)23-26-10-13-28(14-11-26)42-38(51)44-30-9-7-6-8-25(30)3/h6-15,21,24,31-32H,16-20,22-23H2,1-5H3,(H2,41,48)(H,43,49)(H2,42,44,51)/t31?,32-/m1/s1. The van der Waals surface area contributed by atoms with Crippen LogP contribution in [0.15, 0.2) is 66.7 Å². The van der Waals surface area contributed by atoms with Crippen molar-refractivity contribution in [3.8, 4) is 11.5 Å². The van der Waals surface area contributed by atoms with E-state index in [1.807, 2.05) is 39.0 Å². The Morgan fingerprint density at radius 2 is 1.56 bits per heavy atom. The van der Waals surface area contributed by atoms with E-state index in [1.54, 1.807) is 48.5 Å². The number of hydrogen-bond donors (Lipinski definition) is 4. The minimum absolute atomic E-state index is 0.000592. The van der Waals surface area contributed by atoms with E-state index in [0.717, 1.165) is 10.5 Å². The Labute approximate surface area is 314 Å². The van der Waals surface area contributed by atoms with Gasteiger partial charge in [0.2, 0.25) is 11.8 Å². The number of ketones is 1. The number of rotatable bonds is 14. The van der Waals surface area contributed by atoms with E-state index < -0.39 is 47.4 Å². The Kier molecular flexibility index (Phi) is 12.2. The van der Waals surface area contributed by atoms with Crippen LogP contribution in [-0.2, 0) is 25.7 Å². The highest BCUT2D eigenvalue weighted by Gasteiger charge is 2.60. The van der Waals surface area contributed by atoms with Crippen LogP contribution in [0.5, 0.6) is 11.5 Å². The van der Waals surface area contributed by atoms with Crippen molar-refractivity contribution in [3.63, 3.8) is 0 Å². The van der Waals surface area contributed by atoms with E-state index >= 15 is 0 Å². The summed E-state index contributed by atoms with van der Waals surface area (Å²) < 4.78 is 10.8. The van der Waals surface area contributed by atoms with Crippen molar-refractivity contribution in [2.75, 3.05) is 24.9 Å². The molecular formula is C40H48N6O8. The lowest BCUT2D eigenvalue weighted by Gasteiger charge is -2.37. The first-order valence-electron chi connectivity index (χ1n) is 18.0. The number of methoxy groups -OCH3 is 2. The predicted octanol–water partition coefficient (Wildman–Crippen LogP) is 5.45. The number of carbonyl (C=O) groups is 6. The van der Waals surface area contributed by atoms with Crippen LogP contribution in [-0.4, -0.2) is 71.2 Å². The molecule has 1 heterocycles. The van der Waals surface area contributed by atoms with Crippen LogP contribution in [0, 0.1) is 12.8 Å². The lowest BCUT2D eigenvalue weighted by Crippen LogP contribution is -2.54. The van der Waals surface area contributed by atoms with Gasteiger partial charge in [-0.1, -0.05) is 50.2 Å². The number of nitrogens with one attached hydrogen (secondary N) is 3. The minimum Gasteiger partial charge on any atom is -0.493 e. The monoisotopic (exact) mass is 740 g/mol. The van der Waals surface area contributed by atoms with E-state index in [0.29, 0.717) is 34.0 Å². The van der Waals surface area contributed by atoms with Crippen LogP contribution in [0.3, 0.4) is 0 Å². The fraction of sp³-hybridized carbons (Fsp3) is 0.400. The second kappa shape index (κ2) is 16.8. The summed E-state index contributed by atoms with van der Waals surface area (Å²) in [6, 6.07) is 16.1. The van der Waals surface area contributed by atoms with Crippen LogP contribution in [0.1, 0.15) is 75.1 Å². The van der Waals surface area contributed by atoms with Crippen LogP contribution in [0.2, 0.25) is 0 Å². The third-order valence-electron chi connectivity index (χ3n) is 9.99. The van der Waals surface area contributed by atoms with Gasteiger partial charge in [-0.25, -0.2) is 14.5 Å². The number of urea groups is 2. The highest BCUT2D eigenvalue weighted by atomic mass is 16.5. The Morgan fingerprint density at radius 3 is 2.17 bits per heavy atom. The molecule has 14 nitrogen and oxygen atoms in total. The molecule has 2 atom stereocenters. The number of para-hydroxylation sites is 1. The molecule has 0 aromatic heterocycles. The maximum absolute atomic E-state index is 14.6. The first-order chi connectivity index (χ1) is 25.8. The Morgan fingerprint density at radius 1 is 0.889 bits per heavy atom. The number of amides is 7. The smallest absolute Gasteiger partial charge is 0.328 e. The molecule has 54 heavy (non-hydrogen) atoms. The topological polar surface area (TPSA) is 189 Å². The molecule has 2 fully saturated rings. The second-order valence-corrected chi connectivity index (χ2v) is 14.2. The maximum Gasteiger partial charge on any atom is 0.328 e. The van der Waals surface area contributed by atoms with Gasteiger partial charge in [-0.15, -0.1) is 0 Å². The fourth-order valence-corrected chi connectivity index (χ4v) is 7.10. The lowest BCUT2D eigenvalue weighted by molar-refractivity contribution is -0.142. The van der Waals surface area contributed by atoms with Gasteiger partial charge in [-0.2, -0.15) is 0 Å². The number of benzene rings is 3. The number of nitrogens with two attached hydrogens (primary N) is 1. The number of anilines is 2. The number of ether oxygens (including phenoxy) is 2. The quantitative estimate of drug-likeness (QED) is 0.157. The van der Waals surface area contributed by atoms with Crippen molar-refractivity contribution >= 4 is 46.9 Å². The van der Waals surface area contributed by atoms with Gasteiger partial charge in [0.1, 0.15) is 17.4 Å². The Balaban J connectivity index is 1.40. The molecule has 1 aliphatic carbocycles. The van der Waals surface area contributed by atoms with Crippen LogP contribution >= 0.6 is 0 Å². The first kappa shape index (κ1) is 39.3. The number of hydrogen-bond acceptors (Lipinski definition) is 8. The van der Waals surface area contributed by atoms with Crippen LogP contribution < -0.4 is 31.2 Å². The van der Waals surface area contributed by atoms with Crippen molar-refractivity contribution < 1.29 is 38.2 Å². The lowest BCUT2D eigenvalue weighted by atomic mass is 9.79. The maximum atomic E-state index is 14.6.